The summed E-state index contributed by atoms with van der Waals surface area (Å²) in [5.41, 5.74) is 0.946. The molecular weight excluding hydrogens is 344 g/mol. The molecule has 0 saturated carbocycles. The fourth-order valence-corrected chi connectivity index (χ4v) is 2.08. The maximum atomic E-state index is 12.9. The van der Waals surface area contributed by atoms with Gasteiger partial charge in [-0.1, -0.05) is 12.1 Å². The molecule has 0 fully saturated rings. The fourth-order valence-electron chi connectivity index (χ4n) is 2.08. The van der Waals surface area contributed by atoms with Crippen molar-refractivity contribution in [2.45, 2.75) is 12.9 Å². The number of aromatic nitrogens is 2. The Balaban J connectivity index is 1.77. The molecule has 3 rings (SSSR count). The van der Waals surface area contributed by atoms with Crippen LogP contribution < -0.4 is 10.5 Å². The van der Waals surface area contributed by atoms with Gasteiger partial charge in [-0.2, -0.15) is 4.68 Å². The highest BCUT2D eigenvalue weighted by molar-refractivity contribution is 5.51. The van der Waals surface area contributed by atoms with Gasteiger partial charge < -0.3 is 9.15 Å². The molecule has 1 heterocycles. The summed E-state index contributed by atoms with van der Waals surface area (Å²) >= 11 is 0. The third kappa shape index (κ3) is 4.25. The van der Waals surface area contributed by atoms with E-state index in [-0.39, 0.29) is 18.2 Å². The second-order valence-electron chi connectivity index (χ2n) is 5.03. The quantitative estimate of drug-likeness (QED) is 0.672. The molecule has 130 valence electrons. The van der Waals surface area contributed by atoms with E-state index in [0.717, 1.165) is 16.8 Å². The summed E-state index contributed by atoms with van der Waals surface area (Å²) in [7, 11) is 0. The minimum Gasteiger partial charge on any atom is -0.406 e. The van der Waals surface area contributed by atoms with Crippen LogP contribution in [0, 0.1) is 5.82 Å². The molecule has 0 aliphatic carbocycles. The minimum absolute atomic E-state index is 0.00414. The number of alkyl halides is 3. The van der Waals surface area contributed by atoms with Gasteiger partial charge in [0, 0.05) is 5.56 Å². The van der Waals surface area contributed by atoms with Gasteiger partial charge in [0.05, 0.1) is 6.54 Å². The van der Waals surface area contributed by atoms with E-state index in [9.17, 15) is 22.4 Å². The molecule has 1 aromatic heterocycles. The number of hydrogen-bond donors (Lipinski definition) is 0. The van der Waals surface area contributed by atoms with E-state index in [2.05, 4.69) is 9.84 Å². The zero-order valence-corrected chi connectivity index (χ0v) is 12.5. The Bertz CT molecular complexity index is 912. The van der Waals surface area contributed by atoms with Crippen LogP contribution in [0.1, 0.15) is 5.56 Å². The average molecular weight is 354 g/mol. The third-order valence-electron chi connectivity index (χ3n) is 3.19. The Labute approximate surface area is 138 Å². The van der Waals surface area contributed by atoms with E-state index in [1.807, 2.05) is 0 Å². The molecule has 0 bridgehead atoms. The first-order valence-electron chi connectivity index (χ1n) is 6.99. The highest BCUT2D eigenvalue weighted by atomic mass is 19.4. The second-order valence-corrected chi connectivity index (χ2v) is 5.03. The summed E-state index contributed by atoms with van der Waals surface area (Å²) in [5, 5.41) is 3.99. The van der Waals surface area contributed by atoms with Crippen LogP contribution in [0.25, 0.3) is 11.5 Å². The van der Waals surface area contributed by atoms with Gasteiger partial charge in [-0.3, -0.25) is 0 Å². The first-order chi connectivity index (χ1) is 11.8. The predicted molar refractivity (Wildman–Crippen MR) is 78.4 cm³/mol. The van der Waals surface area contributed by atoms with Crippen molar-refractivity contribution in [1.82, 2.24) is 9.78 Å². The Morgan fingerprint density at radius 2 is 1.68 bits per heavy atom. The maximum Gasteiger partial charge on any atom is 0.573 e. The molecule has 0 aliphatic rings. The monoisotopic (exact) mass is 354 g/mol. The molecule has 25 heavy (non-hydrogen) atoms. The van der Waals surface area contributed by atoms with Crippen LogP contribution >= 0.6 is 0 Å². The first kappa shape index (κ1) is 16.7. The normalized spacial score (nSPS) is 11.5. The molecule has 0 atom stereocenters. The van der Waals surface area contributed by atoms with Gasteiger partial charge in [0.1, 0.15) is 11.6 Å². The molecular formula is C16H10F4N2O3. The number of benzene rings is 2. The molecule has 0 amide bonds. The molecule has 3 aromatic rings. The smallest absolute Gasteiger partial charge is 0.406 e. The van der Waals surface area contributed by atoms with Crippen LogP contribution in [0.3, 0.4) is 0 Å². The van der Waals surface area contributed by atoms with E-state index in [1.165, 1.54) is 36.4 Å². The van der Waals surface area contributed by atoms with Crippen molar-refractivity contribution in [2.24, 2.45) is 0 Å². The van der Waals surface area contributed by atoms with Gasteiger partial charge in [0.2, 0.25) is 5.89 Å². The van der Waals surface area contributed by atoms with Crippen molar-refractivity contribution in [1.29, 1.82) is 0 Å². The standard InChI is InChI=1S/C16H10F4N2O3/c17-12-5-3-11(4-6-12)14-21-22(15(23)24-14)9-10-1-7-13(8-2-10)25-16(18,19)20/h1-8H,9H2. The van der Waals surface area contributed by atoms with Crippen LogP contribution in [0.4, 0.5) is 17.6 Å². The van der Waals surface area contributed by atoms with Crippen molar-refractivity contribution in [3.63, 3.8) is 0 Å². The molecule has 0 saturated heterocycles. The zero-order valence-electron chi connectivity index (χ0n) is 12.5. The summed E-state index contributed by atoms with van der Waals surface area (Å²) in [4.78, 5) is 11.8. The number of halogens is 4. The highest BCUT2D eigenvalue weighted by Crippen LogP contribution is 2.23. The molecule has 0 unspecified atom stereocenters. The van der Waals surface area contributed by atoms with E-state index >= 15 is 0 Å². The summed E-state index contributed by atoms with van der Waals surface area (Å²) < 4.78 is 59.0. The predicted octanol–water partition coefficient (Wildman–Crippen LogP) is 3.59. The van der Waals surface area contributed by atoms with Gasteiger partial charge in [-0.05, 0) is 42.0 Å². The SMILES string of the molecule is O=c1oc(-c2ccc(F)cc2)nn1Cc1ccc(OC(F)(F)F)cc1. The van der Waals surface area contributed by atoms with E-state index in [1.54, 1.807) is 0 Å². The van der Waals surface area contributed by atoms with Crippen molar-refractivity contribution in [3.05, 3.63) is 70.5 Å². The Hall–Kier alpha value is -3.10. The Morgan fingerprint density at radius 1 is 1.04 bits per heavy atom. The first-order valence-corrected chi connectivity index (χ1v) is 6.99. The summed E-state index contributed by atoms with van der Waals surface area (Å²) in [5.74, 6) is -1.53. The van der Waals surface area contributed by atoms with Crippen molar-refractivity contribution < 1.29 is 26.7 Å². The lowest BCUT2D eigenvalue weighted by Gasteiger charge is -2.09. The van der Waals surface area contributed by atoms with E-state index in [4.69, 9.17) is 4.42 Å². The van der Waals surface area contributed by atoms with Gasteiger partial charge in [-0.15, -0.1) is 18.3 Å². The van der Waals surface area contributed by atoms with Crippen LogP contribution in [0.15, 0.2) is 57.7 Å². The fraction of sp³-hybridized carbons (Fsp3) is 0.125. The lowest BCUT2D eigenvalue weighted by atomic mass is 10.2. The van der Waals surface area contributed by atoms with Gasteiger partial charge >= 0.3 is 12.1 Å². The van der Waals surface area contributed by atoms with Gasteiger partial charge in [0.25, 0.3) is 0 Å². The van der Waals surface area contributed by atoms with Crippen molar-refractivity contribution in [2.75, 3.05) is 0 Å². The largest absolute Gasteiger partial charge is 0.573 e. The molecule has 0 N–H and O–H groups in total. The van der Waals surface area contributed by atoms with Gasteiger partial charge in [-0.25, -0.2) is 9.18 Å². The number of ether oxygens (including phenoxy) is 1. The Kier molecular flexibility index (Phi) is 4.30. The highest BCUT2D eigenvalue weighted by Gasteiger charge is 2.30. The van der Waals surface area contributed by atoms with Crippen LogP contribution in [0.2, 0.25) is 0 Å². The molecule has 2 aromatic carbocycles. The molecule has 5 nitrogen and oxygen atoms in total. The third-order valence-corrected chi connectivity index (χ3v) is 3.19. The second kappa shape index (κ2) is 6.42. The summed E-state index contributed by atoms with van der Waals surface area (Å²) in [6.45, 7) is -0.00414. The van der Waals surface area contributed by atoms with E-state index < -0.39 is 17.9 Å². The summed E-state index contributed by atoms with van der Waals surface area (Å²) in [6, 6.07) is 10.2. The lowest BCUT2D eigenvalue weighted by Crippen LogP contribution is -2.18. The van der Waals surface area contributed by atoms with Crippen molar-refractivity contribution >= 4 is 0 Å². The molecule has 0 aliphatic heterocycles. The number of nitrogens with zero attached hydrogens (tertiary/aromatic N) is 2. The summed E-state index contributed by atoms with van der Waals surface area (Å²) in [6.07, 6.45) is -4.77. The lowest BCUT2D eigenvalue weighted by molar-refractivity contribution is -0.274. The maximum absolute atomic E-state index is 12.9. The minimum atomic E-state index is -4.77. The number of hydrogen-bond acceptors (Lipinski definition) is 4. The Morgan fingerprint density at radius 3 is 2.28 bits per heavy atom. The average Bonchev–Trinajstić information content (AvgIpc) is 2.89. The van der Waals surface area contributed by atoms with Crippen LogP contribution in [0.5, 0.6) is 5.75 Å². The topological polar surface area (TPSA) is 57.3 Å². The molecule has 9 heteroatoms. The zero-order chi connectivity index (χ0) is 18.0. The van der Waals surface area contributed by atoms with Crippen LogP contribution in [-0.4, -0.2) is 16.1 Å². The molecule has 0 radical (unpaired) electrons. The van der Waals surface area contributed by atoms with Crippen LogP contribution in [-0.2, 0) is 6.54 Å². The molecule has 0 spiro atoms. The van der Waals surface area contributed by atoms with Crippen molar-refractivity contribution in [3.8, 4) is 17.2 Å². The van der Waals surface area contributed by atoms with Gasteiger partial charge in [0.15, 0.2) is 0 Å². The van der Waals surface area contributed by atoms with E-state index in [0.29, 0.717) is 11.1 Å². The number of rotatable bonds is 4.